The fourth-order valence-corrected chi connectivity index (χ4v) is 3.48. The van der Waals surface area contributed by atoms with E-state index < -0.39 is 0 Å². The third-order valence-corrected chi connectivity index (χ3v) is 4.98. The molecule has 0 radical (unpaired) electrons. The molecule has 3 rings (SSSR count). The van der Waals surface area contributed by atoms with E-state index in [4.69, 9.17) is 0 Å². The van der Waals surface area contributed by atoms with Crippen molar-refractivity contribution in [3.05, 3.63) is 24.2 Å². The number of hydrogen-bond donors (Lipinski definition) is 1. The zero-order valence-corrected chi connectivity index (χ0v) is 15.9. The van der Waals surface area contributed by atoms with Crippen molar-refractivity contribution in [3.63, 3.8) is 0 Å². The van der Waals surface area contributed by atoms with Gasteiger partial charge in [0.2, 0.25) is 11.9 Å². The van der Waals surface area contributed by atoms with Gasteiger partial charge in [-0.2, -0.15) is 5.10 Å². The number of nitrogens with zero attached hydrogens (tertiary/aromatic N) is 5. The van der Waals surface area contributed by atoms with Crippen molar-refractivity contribution in [2.24, 2.45) is 5.92 Å². The molecule has 7 heteroatoms. The van der Waals surface area contributed by atoms with Crippen molar-refractivity contribution in [1.29, 1.82) is 0 Å². The Morgan fingerprint density at radius 2 is 2.27 bits per heavy atom. The van der Waals surface area contributed by atoms with Crippen LogP contribution in [0.1, 0.15) is 38.8 Å². The Kier molecular flexibility index (Phi) is 5.85. The summed E-state index contributed by atoms with van der Waals surface area (Å²) in [6.07, 6.45) is 6.90. The summed E-state index contributed by atoms with van der Waals surface area (Å²) >= 11 is 0. The fourth-order valence-electron chi connectivity index (χ4n) is 3.48. The summed E-state index contributed by atoms with van der Waals surface area (Å²) in [6.45, 7) is 9.24. The maximum Gasteiger partial charge on any atom is 0.223 e. The molecule has 0 bridgehead atoms. The Morgan fingerprint density at radius 3 is 3.04 bits per heavy atom. The average molecular weight is 356 g/mol. The van der Waals surface area contributed by atoms with Gasteiger partial charge in [0, 0.05) is 50.6 Å². The maximum atomic E-state index is 11.6. The smallest absolute Gasteiger partial charge is 0.223 e. The van der Waals surface area contributed by atoms with E-state index in [1.807, 2.05) is 21.8 Å². The first kappa shape index (κ1) is 18.4. The van der Waals surface area contributed by atoms with Crippen LogP contribution in [-0.4, -0.2) is 50.2 Å². The SMILES string of the molecule is CCCn1ncc(-c2ccnc(NC[C@@H]3CCCN(C(C)=O)C3)n2)c1C. The van der Waals surface area contributed by atoms with Gasteiger partial charge >= 0.3 is 0 Å². The second-order valence-corrected chi connectivity index (χ2v) is 6.99. The monoisotopic (exact) mass is 356 g/mol. The summed E-state index contributed by atoms with van der Waals surface area (Å²) < 4.78 is 2.02. The van der Waals surface area contributed by atoms with Gasteiger partial charge in [0.1, 0.15) is 0 Å². The van der Waals surface area contributed by atoms with Crippen molar-refractivity contribution >= 4 is 11.9 Å². The first-order chi connectivity index (χ1) is 12.6. The maximum absolute atomic E-state index is 11.6. The van der Waals surface area contributed by atoms with Crippen molar-refractivity contribution < 1.29 is 4.79 Å². The minimum absolute atomic E-state index is 0.160. The highest BCUT2D eigenvalue weighted by molar-refractivity contribution is 5.73. The lowest BCUT2D eigenvalue weighted by Gasteiger charge is -2.32. The van der Waals surface area contributed by atoms with Gasteiger partial charge in [-0.3, -0.25) is 9.48 Å². The molecule has 1 fully saturated rings. The number of carbonyl (C=O) groups excluding carboxylic acids is 1. The number of rotatable bonds is 6. The van der Waals surface area contributed by atoms with Crippen molar-refractivity contribution in [1.82, 2.24) is 24.6 Å². The zero-order chi connectivity index (χ0) is 18.5. The number of carbonyl (C=O) groups is 1. The highest BCUT2D eigenvalue weighted by Gasteiger charge is 2.21. The molecule has 0 spiro atoms. The van der Waals surface area contributed by atoms with Crippen molar-refractivity contribution in [3.8, 4) is 11.3 Å². The topological polar surface area (TPSA) is 75.9 Å². The number of piperidine rings is 1. The van der Waals surface area contributed by atoms with Gasteiger partial charge in [0.25, 0.3) is 0 Å². The highest BCUT2D eigenvalue weighted by atomic mass is 16.2. The molecular formula is C19H28N6O. The molecule has 0 unspecified atom stereocenters. The lowest BCUT2D eigenvalue weighted by Crippen LogP contribution is -2.40. The van der Waals surface area contributed by atoms with E-state index in [2.05, 4.69) is 34.2 Å². The molecule has 1 N–H and O–H groups in total. The predicted octanol–water partition coefficient (Wildman–Crippen LogP) is 2.73. The molecule has 2 aromatic rings. The lowest BCUT2D eigenvalue weighted by atomic mass is 9.98. The van der Waals surface area contributed by atoms with Crippen LogP contribution in [0.3, 0.4) is 0 Å². The van der Waals surface area contributed by atoms with E-state index in [-0.39, 0.29) is 5.91 Å². The van der Waals surface area contributed by atoms with E-state index >= 15 is 0 Å². The molecule has 7 nitrogen and oxygen atoms in total. The van der Waals surface area contributed by atoms with Crippen LogP contribution in [0.2, 0.25) is 0 Å². The molecule has 0 saturated carbocycles. The van der Waals surface area contributed by atoms with Crippen molar-refractivity contribution in [2.45, 2.75) is 46.6 Å². The number of aromatic nitrogens is 4. The number of amides is 1. The molecule has 1 amide bonds. The predicted molar refractivity (Wildman–Crippen MR) is 102 cm³/mol. The minimum atomic E-state index is 0.160. The van der Waals surface area contributed by atoms with Gasteiger partial charge in [-0.15, -0.1) is 0 Å². The lowest BCUT2D eigenvalue weighted by molar-refractivity contribution is -0.130. The summed E-state index contributed by atoms with van der Waals surface area (Å²) in [7, 11) is 0. The van der Waals surface area contributed by atoms with E-state index in [9.17, 15) is 4.79 Å². The average Bonchev–Trinajstić information content (AvgIpc) is 3.01. The molecule has 140 valence electrons. The number of likely N-dealkylation sites (tertiary alicyclic amines) is 1. The molecule has 1 atom stereocenters. The molecule has 1 saturated heterocycles. The van der Waals surface area contributed by atoms with Crippen LogP contribution in [0.4, 0.5) is 5.95 Å². The van der Waals surface area contributed by atoms with E-state index in [0.29, 0.717) is 11.9 Å². The summed E-state index contributed by atoms with van der Waals surface area (Å²) in [5, 5.41) is 7.80. The molecule has 3 heterocycles. The van der Waals surface area contributed by atoms with E-state index in [1.165, 1.54) is 0 Å². The summed E-state index contributed by atoms with van der Waals surface area (Å²) in [5.41, 5.74) is 3.06. The summed E-state index contributed by atoms with van der Waals surface area (Å²) in [5.74, 6) is 1.23. The third kappa shape index (κ3) is 4.20. The third-order valence-electron chi connectivity index (χ3n) is 4.98. The standard InChI is InChI=1S/C19H28N6O/c1-4-9-25-14(2)17(12-22-25)18-7-8-20-19(23-18)21-11-16-6-5-10-24(13-16)15(3)26/h7-8,12,16H,4-6,9-11,13H2,1-3H3,(H,20,21,23)/t16-/m0/s1. The summed E-state index contributed by atoms with van der Waals surface area (Å²) in [4.78, 5) is 22.5. The minimum Gasteiger partial charge on any atom is -0.354 e. The normalized spacial score (nSPS) is 17.3. The Morgan fingerprint density at radius 1 is 1.42 bits per heavy atom. The van der Waals surface area contributed by atoms with Crippen LogP contribution in [-0.2, 0) is 11.3 Å². The zero-order valence-electron chi connectivity index (χ0n) is 15.9. The van der Waals surface area contributed by atoms with Crippen LogP contribution in [0, 0.1) is 12.8 Å². The molecular weight excluding hydrogens is 328 g/mol. The first-order valence-electron chi connectivity index (χ1n) is 9.43. The molecule has 0 aliphatic carbocycles. The molecule has 1 aliphatic heterocycles. The van der Waals surface area contributed by atoms with Crippen LogP contribution in [0.5, 0.6) is 0 Å². The number of nitrogens with one attached hydrogen (secondary N) is 1. The van der Waals surface area contributed by atoms with Crippen LogP contribution < -0.4 is 5.32 Å². The fraction of sp³-hybridized carbons (Fsp3) is 0.579. The van der Waals surface area contributed by atoms with Gasteiger partial charge in [0.15, 0.2) is 0 Å². The molecule has 1 aliphatic rings. The van der Waals surface area contributed by atoms with Gasteiger partial charge in [-0.25, -0.2) is 9.97 Å². The van der Waals surface area contributed by atoms with Gasteiger partial charge in [0.05, 0.1) is 11.9 Å². The number of anilines is 1. The Bertz CT molecular complexity index is 756. The molecule has 26 heavy (non-hydrogen) atoms. The second kappa shape index (κ2) is 8.29. The quantitative estimate of drug-likeness (QED) is 0.861. The Hall–Kier alpha value is -2.44. The van der Waals surface area contributed by atoms with Crippen LogP contribution in [0.25, 0.3) is 11.3 Å². The van der Waals surface area contributed by atoms with Gasteiger partial charge in [-0.1, -0.05) is 6.92 Å². The Labute approximate surface area is 154 Å². The summed E-state index contributed by atoms with van der Waals surface area (Å²) in [6, 6.07) is 1.92. The number of aryl methyl sites for hydroxylation is 1. The second-order valence-electron chi connectivity index (χ2n) is 6.99. The van der Waals surface area contributed by atoms with Crippen LogP contribution >= 0.6 is 0 Å². The first-order valence-corrected chi connectivity index (χ1v) is 9.43. The van der Waals surface area contributed by atoms with Gasteiger partial charge in [-0.05, 0) is 38.2 Å². The largest absolute Gasteiger partial charge is 0.354 e. The Balaban J connectivity index is 1.65. The van der Waals surface area contributed by atoms with Gasteiger partial charge < -0.3 is 10.2 Å². The van der Waals surface area contributed by atoms with E-state index in [0.717, 1.165) is 62.4 Å². The molecule has 2 aromatic heterocycles. The number of hydrogen-bond acceptors (Lipinski definition) is 5. The molecule has 0 aromatic carbocycles. The highest BCUT2D eigenvalue weighted by Crippen LogP contribution is 2.22. The van der Waals surface area contributed by atoms with Crippen molar-refractivity contribution in [2.75, 3.05) is 25.0 Å². The van der Waals surface area contributed by atoms with Crippen LogP contribution in [0.15, 0.2) is 18.5 Å². The van der Waals surface area contributed by atoms with E-state index in [1.54, 1.807) is 13.1 Å².